The molecule has 146 valence electrons. The summed E-state index contributed by atoms with van der Waals surface area (Å²) >= 11 is 5.93. The molecule has 1 spiro atoms. The van der Waals surface area contributed by atoms with Gasteiger partial charge in [-0.1, -0.05) is 23.2 Å². The quantitative estimate of drug-likeness (QED) is 0.837. The summed E-state index contributed by atoms with van der Waals surface area (Å²) in [5, 5.41) is 3.87. The van der Waals surface area contributed by atoms with E-state index in [0.29, 0.717) is 36.5 Å². The van der Waals surface area contributed by atoms with E-state index in [2.05, 4.69) is 17.1 Å². The van der Waals surface area contributed by atoms with Gasteiger partial charge in [-0.25, -0.2) is 0 Å². The van der Waals surface area contributed by atoms with E-state index in [-0.39, 0.29) is 11.8 Å². The average molecular weight is 398 g/mol. The van der Waals surface area contributed by atoms with Crippen molar-refractivity contribution in [2.75, 3.05) is 24.5 Å². The normalized spacial score (nSPS) is 18.0. The van der Waals surface area contributed by atoms with Gasteiger partial charge in [0.25, 0.3) is 11.8 Å². The first kappa shape index (κ1) is 18.8. The summed E-state index contributed by atoms with van der Waals surface area (Å²) in [4.78, 5) is 29.8. The highest BCUT2D eigenvalue weighted by atomic mass is 35.5. The van der Waals surface area contributed by atoms with Crippen LogP contribution in [0.1, 0.15) is 46.0 Å². The maximum atomic E-state index is 12.8. The van der Waals surface area contributed by atoms with Crippen molar-refractivity contribution in [1.29, 1.82) is 0 Å². The summed E-state index contributed by atoms with van der Waals surface area (Å²) in [5.41, 5.74) is 2.98. The number of piperidine rings is 1. The van der Waals surface area contributed by atoms with Gasteiger partial charge >= 0.3 is 0 Å². The van der Waals surface area contributed by atoms with Crippen molar-refractivity contribution in [1.82, 2.24) is 10.2 Å². The third-order valence-corrected chi connectivity index (χ3v) is 6.09. The molecule has 0 unspecified atom stereocenters. The Balaban J connectivity index is 1.56. The molecule has 4 rings (SSSR count). The van der Waals surface area contributed by atoms with E-state index < -0.39 is 5.66 Å². The van der Waals surface area contributed by atoms with Crippen LogP contribution in [-0.4, -0.2) is 42.0 Å². The van der Waals surface area contributed by atoms with E-state index in [1.807, 2.05) is 30.0 Å². The van der Waals surface area contributed by atoms with Crippen LogP contribution in [-0.2, 0) is 0 Å². The maximum absolute atomic E-state index is 12.8. The van der Waals surface area contributed by atoms with Gasteiger partial charge in [-0.15, -0.1) is 0 Å². The number of nitrogens with one attached hydrogen (secondary N) is 1. The summed E-state index contributed by atoms with van der Waals surface area (Å²) in [6.07, 6.45) is 1.39. The van der Waals surface area contributed by atoms with Crippen molar-refractivity contribution in [2.45, 2.75) is 32.4 Å². The zero-order valence-electron chi connectivity index (χ0n) is 16.2. The summed E-state index contributed by atoms with van der Waals surface area (Å²) in [5.74, 6) is -0.0198. The fourth-order valence-corrected chi connectivity index (χ4v) is 4.49. The molecule has 2 amide bonds. The first-order valence-corrected chi connectivity index (χ1v) is 10.1. The lowest BCUT2D eigenvalue weighted by molar-refractivity contribution is 0.0603. The zero-order valence-corrected chi connectivity index (χ0v) is 16.9. The van der Waals surface area contributed by atoms with Gasteiger partial charge in [0.1, 0.15) is 5.66 Å². The minimum atomic E-state index is -0.440. The number of anilines is 1. The van der Waals surface area contributed by atoms with Crippen molar-refractivity contribution < 1.29 is 9.59 Å². The molecule has 2 aromatic rings. The van der Waals surface area contributed by atoms with Crippen LogP contribution in [0.2, 0.25) is 5.02 Å². The van der Waals surface area contributed by atoms with Crippen LogP contribution in [0.15, 0.2) is 42.5 Å². The van der Waals surface area contributed by atoms with Gasteiger partial charge in [0.15, 0.2) is 0 Å². The van der Waals surface area contributed by atoms with Crippen LogP contribution >= 0.6 is 11.6 Å². The molecule has 0 saturated carbocycles. The Kier molecular flexibility index (Phi) is 4.79. The molecule has 0 bridgehead atoms. The number of aryl methyl sites for hydroxylation is 1. The number of carbonyl (C=O) groups excluding carboxylic acids is 2. The van der Waals surface area contributed by atoms with Crippen molar-refractivity contribution in [3.05, 3.63) is 64.2 Å². The van der Waals surface area contributed by atoms with Crippen molar-refractivity contribution >= 4 is 29.1 Å². The van der Waals surface area contributed by atoms with Gasteiger partial charge in [0, 0.05) is 43.1 Å². The second kappa shape index (κ2) is 7.13. The Morgan fingerprint density at radius 1 is 1.14 bits per heavy atom. The molecule has 2 aromatic carbocycles. The molecule has 0 aromatic heterocycles. The van der Waals surface area contributed by atoms with E-state index in [1.54, 1.807) is 24.3 Å². The van der Waals surface area contributed by atoms with Crippen LogP contribution < -0.4 is 10.2 Å². The molecule has 0 radical (unpaired) electrons. The minimum Gasteiger partial charge on any atom is -0.348 e. The van der Waals surface area contributed by atoms with E-state index in [1.165, 1.54) is 0 Å². The third-order valence-electron chi connectivity index (χ3n) is 5.84. The summed E-state index contributed by atoms with van der Waals surface area (Å²) in [6, 6.07) is 13.0. The third kappa shape index (κ3) is 3.14. The monoisotopic (exact) mass is 397 g/mol. The first-order valence-electron chi connectivity index (χ1n) is 9.69. The molecule has 1 N–H and O–H groups in total. The lowest BCUT2D eigenvalue weighted by atomic mass is 9.89. The molecule has 1 saturated heterocycles. The van der Waals surface area contributed by atoms with Gasteiger partial charge in [-0.2, -0.15) is 0 Å². The fourth-order valence-electron chi connectivity index (χ4n) is 4.37. The SMILES string of the molecule is CCN1c2ccc(C)cc2C(=O)NC12CCN(C(=O)c1ccc(Cl)cc1)CC2. The van der Waals surface area contributed by atoms with Gasteiger partial charge in [0.2, 0.25) is 0 Å². The Morgan fingerprint density at radius 2 is 1.82 bits per heavy atom. The van der Waals surface area contributed by atoms with Gasteiger partial charge in [0.05, 0.1) is 11.3 Å². The van der Waals surface area contributed by atoms with Crippen molar-refractivity contribution in [2.24, 2.45) is 0 Å². The number of likely N-dealkylation sites (tertiary alicyclic amines) is 1. The molecule has 6 heteroatoms. The number of nitrogens with zero attached hydrogens (tertiary/aromatic N) is 2. The Labute approximate surface area is 170 Å². The Bertz CT molecular complexity index is 918. The Morgan fingerprint density at radius 3 is 2.46 bits per heavy atom. The largest absolute Gasteiger partial charge is 0.348 e. The fraction of sp³-hybridized carbons (Fsp3) is 0.364. The topological polar surface area (TPSA) is 52.7 Å². The van der Waals surface area contributed by atoms with Crippen LogP contribution in [0.3, 0.4) is 0 Å². The number of fused-ring (bicyclic) bond motifs is 1. The molecule has 5 nitrogen and oxygen atoms in total. The summed E-state index contributed by atoms with van der Waals surface area (Å²) in [7, 11) is 0. The molecule has 28 heavy (non-hydrogen) atoms. The molecule has 0 aliphatic carbocycles. The molecule has 2 aliphatic heterocycles. The molecule has 1 fully saturated rings. The smallest absolute Gasteiger partial charge is 0.255 e. The number of hydrogen-bond donors (Lipinski definition) is 1. The summed E-state index contributed by atoms with van der Waals surface area (Å²) < 4.78 is 0. The number of carbonyl (C=O) groups is 2. The lowest BCUT2D eigenvalue weighted by Crippen LogP contribution is -2.68. The molecule has 2 heterocycles. The molecular weight excluding hydrogens is 374 g/mol. The second-order valence-electron chi connectivity index (χ2n) is 7.55. The van der Waals surface area contributed by atoms with E-state index in [4.69, 9.17) is 11.6 Å². The number of amides is 2. The number of halogens is 1. The van der Waals surface area contributed by atoms with Gasteiger partial charge in [-0.05, 0) is 50.2 Å². The van der Waals surface area contributed by atoms with E-state index in [9.17, 15) is 9.59 Å². The first-order chi connectivity index (χ1) is 13.4. The lowest BCUT2D eigenvalue weighted by Gasteiger charge is -2.52. The number of hydrogen-bond acceptors (Lipinski definition) is 3. The molecule has 0 atom stereocenters. The van der Waals surface area contributed by atoms with Gasteiger partial charge in [-0.3, -0.25) is 9.59 Å². The van der Waals surface area contributed by atoms with Gasteiger partial charge < -0.3 is 15.1 Å². The highest BCUT2D eigenvalue weighted by Crippen LogP contribution is 2.37. The van der Waals surface area contributed by atoms with Crippen LogP contribution in [0.25, 0.3) is 0 Å². The van der Waals surface area contributed by atoms with Crippen LogP contribution in [0.5, 0.6) is 0 Å². The zero-order chi connectivity index (χ0) is 19.9. The van der Waals surface area contributed by atoms with Crippen molar-refractivity contribution in [3.63, 3.8) is 0 Å². The maximum Gasteiger partial charge on any atom is 0.255 e. The standard InChI is InChI=1S/C22H24ClN3O2/c1-3-26-19-9-4-15(2)14-18(19)20(27)24-22(26)10-12-25(13-11-22)21(28)16-5-7-17(23)8-6-16/h4-9,14H,3,10-13H2,1-2H3,(H,24,27). The van der Waals surface area contributed by atoms with Crippen molar-refractivity contribution in [3.8, 4) is 0 Å². The summed E-state index contributed by atoms with van der Waals surface area (Å²) in [6.45, 7) is 6.09. The van der Waals surface area contributed by atoms with E-state index >= 15 is 0 Å². The molecular formula is C22H24ClN3O2. The second-order valence-corrected chi connectivity index (χ2v) is 7.99. The molecule has 2 aliphatic rings. The number of rotatable bonds is 2. The van der Waals surface area contributed by atoms with E-state index in [0.717, 1.165) is 23.4 Å². The minimum absolute atomic E-state index is 0.00715. The number of benzene rings is 2. The predicted molar refractivity (Wildman–Crippen MR) is 111 cm³/mol. The Hall–Kier alpha value is -2.53. The van der Waals surface area contributed by atoms with Crippen LogP contribution in [0, 0.1) is 6.92 Å². The predicted octanol–water partition coefficient (Wildman–Crippen LogP) is 3.85. The average Bonchev–Trinajstić information content (AvgIpc) is 2.69. The highest BCUT2D eigenvalue weighted by molar-refractivity contribution is 6.30. The van der Waals surface area contributed by atoms with Crippen LogP contribution in [0.4, 0.5) is 5.69 Å². The highest BCUT2D eigenvalue weighted by Gasteiger charge is 2.45.